The molecule has 0 saturated carbocycles. The summed E-state index contributed by atoms with van der Waals surface area (Å²) in [5.41, 5.74) is 3.17. The molecule has 0 fully saturated rings. The molecule has 0 aromatic heterocycles. The van der Waals surface area contributed by atoms with Crippen molar-refractivity contribution in [2.75, 3.05) is 24.7 Å². The minimum absolute atomic E-state index is 0.0246. The van der Waals surface area contributed by atoms with Crippen LogP contribution < -0.4 is 14.4 Å². The van der Waals surface area contributed by atoms with Gasteiger partial charge in [0.05, 0.1) is 12.2 Å². The van der Waals surface area contributed by atoms with E-state index in [1.54, 1.807) is 4.90 Å². The van der Waals surface area contributed by atoms with Crippen molar-refractivity contribution in [1.29, 1.82) is 0 Å². The number of carbonyl (C=O) groups excluding carboxylic acids is 1. The third-order valence-corrected chi connectivity index (χ3v) is 3.87. The Balaban J connectivity index is 1.69. The molecule has 1 aliphatic heterocycles. The number of benzene rings is 2. The smallest absolute Gasteiger partial charge is 0.265 e. The van der Waals surface area contributed by atoms with E-state index in [0.717, 1.165) is 22.7 Å². The Morgan fingerprint density at radius 2 is 2.00 bits per heavy atom. The molecule has 4 heteroatoms. The highest BCUT2D eigenvalue weighted by Crippen LogP contribution is 2.31. The van der Waals surface area contributed by atoms with Crippen LogP contribution in [0.2, 0.25) is 0 Å². The van der Waals surface area contributed by atoms with Gasteiger partial charge in [-0.15, -0.1) is 0 Å². The lowest BCUT2D eigenvalue weighted by molar-refractivity contribution is -0.120. The average molecular weight is 297 g/mol. The standard InChI is InChI=1S/C18H19NO3/c1-13-7-8-15(11-14(13)2)22-12-18(20)19-9-10-21-17-6-4-3-5-16(17)19/h3-8,11H,9-10,12H2,1-2H3. The van der Waals surface area contributed by atoms with Crippen molar-refractivity contribution in [2.45, 2.75) is 13.8 Å². The van der Waals surface area contributed by atoms with Crippen LogP contribution in [-0.2, 0) is 4.79 Å². The third kappa shape index (κ3) is 2.91. The highest BCUT2D eigenvalue weighted by atomic mass is 16.5. The van der Waals surface area contributed by atoms with Crippen molar-refractivity contribution in [1.82, 2.24) is 0 Å². The molecule has 114 valence electrons. The lowest BCUT2D eigenvalue weighted by Gasteiger charge is -2.29. The van der Waals surface area contributed by atoms with E-state index < -0.39 is 0 Å². The SMILES string of the molecule is Cc1ccc(OCC(=O)N2CCOc3ccccc32)cc1C. The molecule has 1 heterocycles. The van der Waals surface area contributed by atoms with Gasteiger partial charge in [0.25, 0.3) is 5.91 Å². The number of ether oxygens (including phenoxy) is 2. The maximum atomic E-state index is 12.4. The molecule has 1 amide bonds. The molecule has 0 saturated heterocycles. The zero-order valence-electron chi connectivity index (χ0n) is 12.8. The normalized spacial score (nSPS) is 13.3. The summed E-state index contributed by atoms with van der Waals surface area (Å²) < 4.78 is 11.2. The first-order valence-corrected chi connectivity index (χ1v) is 7.37. The van der Waals surface area contributed by atoms with Crippen molar-refractivity contribution in [3.8, 4) is 11.5 Å². The van der Waals surface area contributed by atoms with Crippen LogP contribution in [0.5, 0.6) is 11.5 Å². The van der Waals surface area contributed by atoms with Crippen LogP contribution in [-0.4, -0.2) is 25.7 Å². The quantitative estimate of drug-likeness (QED) is 0.874. The molecule has 0 aliphatic carbocycles. The molecule has 3 rings (SSSR count). The van der Waals surface area contributed by atoms with Crippen molar-refractivity contribution >= 4 is 11.6 Å². The number of para-hydroxylation sites is 2. The van der Waals surface area contributed by atoms with E-state index in [1.807, 2.05) is 49.4 Å². The van der Waals surface area contributed by atoms with Gasteiger partial charge in [0, 0.05) is 0 Å². The number of fused-ring (bicyclic) bond motifs is 1. The van der Waals surface area contributed by atoms with Gasteiger partial charge >= 0.3 is 0 Å². The molecule has 1 aliphatic rings. The minimum Gasteiger partial charge on any atom is -0.490 e. The van der Waals surface area contributed by atoms with Crippen LogP contribution in [0.4, 0.5) is 5.69 Å². The Morgan fingerprint density at radius 3 is 2.82 bits per heavy atom. The second kappa shape index (κ2) is 6.10. The highest BCUT2D eigenvalue weighted by molar-refractivity contribution is 5.96. The van der Waals surface area contributed by atoms with E-state index in [-0.39, 0.29) is 12.5 Å². The number of hydrogen-bond donors (Lipinski definition) is 0. The third-order valence-electron chi connectivity index (χ3n) is 3.87. The summed E-state index contributed by atoms with van der Waals surface area (Å²) in [7, 11) is 0. The first kappa shape index (κ1) is 14.4. The number of aryl methyl sites for hydroxylation is 2. The maximum absolute atomic E-state index is 12.4. The number of amides is 1. The lowest BCUT2D eigenvalue weighted by Crippen LogP contribution is -2.40. The van der Waals surface area contributed by atoms with E-state index in [2.05, 4.69) is 6.92 Å². The fraction of sp³-hybridized carbons (Fsp3) is 0.278. The second-order valence-corrected chi connectivity index (χ2v) is 5.40. The van der Waals surface area contributed by atoms with Crippen LogP contribution in [0.3, 0.4) is 0 Å². The summed E-state index contributed by atoms with van der Waals surface area (Å²) in [6.45, 7) is 5.16. The Morgan fingerprint density at radius 1 is 1.18 bits per heavy atom. The number of carbonyl (C=O) groups is 1. The van der Waals surface area contributed by atoms with Gasteiger partial charge in [0.2, 0.25) is 0 Å². The second-order valence-electron chi connectivity index (χ2n) is 5.40. The van der Waals surface area contributed by atoms with E-state index in [0.29, 0.717) is 13.2 Å². The highest BCUT2D eigenvalue weighted by Gasteiger charge is 2.23. The lowest BCUT2D eigenvalue weighted by atomic mass is 10.1. The van der Waals surface area contributed by atoms with Gasteiger partial charge in [-0.2, -0.15) is 0 Å². The van der Waals surface area contributed by atoms with Crippen LogP contribution in [0.25, 0.3) is 0 Å². The Labute approximate surface area is 130 Å². The fourth-order valence-corrected chi connectivity index (χ4v) is 2.46. The number of hydrogen-bond acceptors (Lipinski definition) is 3. The summed E-state index contributed by atoms with van der Waals surface area (Å²) in [6, 6.07) is 13.4. The summed E-state index contributed by atoms with van der Waals surface area (Å²) in [5, 5.41) is 0. The van der Waals surface area contributed by atoms with Gasteiger partial charge < -0.3 is 14.4 Å². The molecule has 0 atom stereocenters. The Bertz CT molecular complexity index is 696. The molecule has 0 radical (unpaired) electrons. The van der Waals surface area contributed by atoms with E-state index in [1.165, 1.54) is 5.56 Å². The van der Waals surface area contributed by atoms with Gasteiger partial charge in [-0.1, -0.05) is 18.2 Å². The predicted molar refractivity (Wildman–Crippen MR) is 85.7 cm³/mol. The van der Waals surface area contributed by atoms with Crippen LogP contribution >= 0.6 is 0 Å². The number of anilines is 1. The fourth-order valence-electron chi connectivity index (χ4n) is 2.46. The van der Waals surface area contributed by atoms with Crippen molar-refractivity contribution in [3.63, 3.8) is 0 Å². The van der Waals surface area contributed by atoms with Gasteiger partial charge in [-0.25, -0.2) is 0 Å². The number of nitrogens with zero attached hydrogens (tertiary/aromatic N) is 1. The maximum Gasteiger partial charge on any atom is 0.265 e. The first-order valence-electron chi connectivity index (χ1n) is 7.37. The molecule has 0 bridgehead atoms. The molecule has 22 heavy (non-hydrogen) atoms. The topological polar surface area (TPSA) is 38.8 Å². The average Bonchev–Trinajstić information content (AvgIpc) is 2.55. The molecule has 2 aromatic carbocycles. The van der Waals surface area contributed by atoms with Crippen molar-refractivity contribution < 1.29 is 14.3 Å². The van der Waals surface area contributed by atoms with Crippen molar-refractivity contribution in [2.24, 2.45) is 0 Å². The molecular formula is C18H19NO3. The Hall–Kier alpha value is -2.49. The van der Waals surface area contributed by atoms with Crippen molar-refractivity contribution in [3.05, 3.63) is 53.6 Å². The van der Waals surface area contributed by atoms with Gasteiger partial charge in [-0.05, 0) is 49.2 Å². The van der Waals surface area contributed by atoms with E-state index in [9.17, 15) is 4.79 Å². The van der Waals surface area contributed by atoms with Crippen LogP contribution in [0.15, 0.2) is 42.5 Å². The monoisotopic (exact) mass is 297 g/mol. The van der Waals surface area contributed by atoms with Gasteiger partial charge in [0.15, 0.2) is 6.61 Å². The summed E-state index contributed by atoms with van der Waals surface area (Å²) >= 11 is 0. The Kier molecular flexibility index (Phi) is 4.00. The zero-order valence-corrected chi connectivity index (χ0v) is 12.8. The zero-order chi connectivity index (χ0) is 15.5. The first-order chi connectivity index (χ1) is 10.6. The predicted octanol–water partition coefficient (Wildman–Crippen LogP) is 3.11. The molecule has 0 unspecified atom stereocenters. The van der Waals surface area contributed by atoms with E-state index in [4.69, 9.17) is 9.47 Å². The molecular weight excluding hydrogens is 278 g/mol. The van der Waals surface area contributed by atoms with Gasteiger partial charge in [0.1, 0.15) is 18.1 Å². The van der Waals surface area contributed by atoms with Crippen LogP contribution in [0.1, 0.15) is 11.1 Å². The van der Waals surface area contributed by atoms with E-state index >= 15 is 0 Å². The molecule has 0 spiro atoms. The summed E-state index contributed by atoms with van der Waals surface area (Å²) in [4.78, 5) is 14.2. The molecule has 2 aromatic rings. The van der Waals surface area contributed by atoms with Gasteiger partial charge in [-0.3, -0.25) is 4.79 Å². The summed E-state index contributed by atoms with van der Waals surface area (Å²) in [6.07, 6.45) is 0. The summed E-state index contributed by atoms with van der Waals surface area (Å²) in [5.74, 6) is 1.40. The van der Waals surface area contributed by atoms with Crippen LogP contribution in [0, 0.1) is 13.8 Å². The molecule has 0 N–H and O–H groups in total. The largest absolute Gasteiger partial charge is 0.490 e. The number of rotatable bonds is 3. The minimum atomic E-state index is -0.0611. The molecule has 4 nitrogen and oxygen atoms in total.